The Kier molecular flexibility index (Phi) is 4.59. The molecule has 0 atom stereocenters. The largest absolute Gasteiger partial charge is 0.508 e. The standard InChI is InChI=1S/C20H24N4O2/c1-13-8-15(25)9-19(26)16(13)12-24-7-5-17-14(11-24)10-22-20(23-17)18-4-2-3-6-21-18/h8-10,25-26H,2-7,11-12H2,1H3. The monoisotopic (exact) mass is 352 g/mol. The Hall–Kier alpha value is -2.47. The van der Waals surface area contributed by atoms with E-state index in [4.69, 9.17) is 4.98 Å². The number of hydrogen-bond donors (Lipinski definition) is 2. The van der Waals surface area contributed by atoms with Gasteiger partial charge in [0, 0.05) is 56.0 Å². The first-order chi connectivity index (χ1) is 12.6. The average molecular weight is 352 g/mol. The van der Waals surface area contributed by atoms with Gasteiger partial charge in [0.1, 0.15) is 11.5 Å². The van der Waals surface area contributed by atoms with Crippen LogP contribution in [0.25, 0.3) is 0 Å². The molecule has 1 aromatic carbocycles. The molecule has 0 saturated carbocycles. The van der Waals surface area contributed by atoms with Crippen molar-refractivity contribution in [1.82, 2.24) is 14.9 Å². The van der Waals surface area contributed by atoms with Gasteiger partial charge in [-0.1, -0.05) is 0 Å². The fourth-order valence-corrected chi connectivity index (χ4v) is 3.74. The molecule has 2 aliphatic heterocycles. The molecule has 0 radical (unpaired) electrons. The second kappa shape index (κ2) is 7.03. The van der Waals surface area contributed by atoms with Crippen molar-refractivity contribution in [2.45, 2.75) is 45.7 Å². The van der Waals surface area contributed by atoms with Gasteiger partial charge in [0.15, 0.2) is 5.82 Å². The van der Waals surface area contributed by atoms with Crippen molar-refractivity contribution in [1.29, 1.82) is 0 Å². The van der Waals surface area contributed by atoms with E-state index in [1.54, 1.807) is 6.07 Å². The van der Waals surface area contributed by atoms with Crippen LogP contribution in [0.4, 0.5) is 0 Å². The molecule has 0 saturated heterocycles. The van der Waals surface area contributed by atoms with Crippen LogP contribution in [-0.4, -0.2) is 43.9 Å². The van der Waals surface area contributed by atoms with Crippen molar-refractivity contribution in [3.8, 4) is 11.5 Å². The van der Waals surface area contributed by atoms with E-state index in [2.05, 4.69) is 14.9 Å². The number of aromatic hydroxyl groups is 2. The van der Waals surface area contributed by atoms with Gasteiger partial charge in [-0.3, -0.25) is 9.89 Å². The number of phenolic OH excluding ortho intramolecular Hbond substituents is 2. The molecule has 0 bridgehead atoms. The maximum Gasteiger partial charge on any atom is 0.173 e. The molecule has 3 heterocycles. The summed E-state index contributed by atoms with van der Waals surface area (Å²) in [5.74, 6) is 1.04. The first-order valence-corrected chi connectivity index (χ1v) is 9.22. The fourth-order valence-electron chi connectivity index (χ4n) is 3.74. The topological polar surface area (TPSA) is 81.8 Å². The van der Waals surface area contributed by atoms with Gasteiger partial charge >= 0.3 is 0 Å². The third-order valence-corrected chi connectivity index (χ3v) is 5.21. The van der Waals surface area contributed by atoms with Crippen LogP contribution in [0.15, 0.2) is 23.3 Å². The van der Waals surface area contributed by atoms with Crippen molar-refractivity contribution < 1.29 is 10.2 Å². The minimum atomic E-state index is 0.0966. The minimum absolute atomic E-state index is 0.0966. The molecule has 2 N–H and O–H groups in total. The number of phenols is 2. The van der Waals surface area contributed by atoms with Gasteiger partial charge in [0.25, 0.3) is 0 Å². The molecular weight excluding hydrogens is 328 g/mol. The van der Waals surface area contributed by atoms with Crippen LogP contribution in [0.3, 0.4) is 0 Å². The number of aromatic nitrogens is 2. The average Bonchev–Trinajstić information content (AvgIpc) is 2.65. The van der Waals surface area contributed by atoms with Crippen LogP contribution < -0.4 is 0 Å². The Morgan fingerprint density at radius 2 is 2.04 bits per heavy atom. The van der Waals surface area contributed by atoms with Gasteiger partial charge < -0.3 is 10.2 Å². The van der Waals surface area contributed by atoms with E-state index in [-0.39, 0.29) is 11.5 Å². The Morgan fingerprint density at radius 3 is 2.81 bits per heavy atom. The van der Waals surface area contributed by atoms with Gasteiger partial charge in [-0.2, -0.15) is 0 Å². The molecule has 0 unspecified atom stereocenters. The summed E-state index contributed by atoms with van der Waals surface area (Å²) in [5.41, 5.74) is 5.07. The number of benzene rings is 1. The summed E-state index contributed by atoms with van der Waals surface area (Å²) < 4.78 is 0. The van der Waals surface area contributed by atoms with Gasteiger partial charge in [-0.25, -0.2) is 9.97 Å². The molecule has 136 valence electrons. The summed E-state index contributed by atoms with van der Waals surface area (Å²) in [6.07, 6.45) is 6.11. The zero-order valence-electron chi connectivity index (χ0n) is 15.1. The van der Waals surface area contributed by atoms with E-state index in [0.29, 0.717) is 6.54 Å². The van der Waals surface area contributed by atoms with Crippen LogP contribution in [0.5, 0.6) is 11.5 Å². The quantitative estimate of drug-likeness (QED) is 0.888. The highest BCUT2D eigenvalue weighted by molar-refractivity contribution is 5.97. The smallest absolute Gasteiger partial charge is 0.173 e. The Balaban J connectivity index is 1.51. The molecule has 2 aliphatic rings. The second-order valence-corrected chi connectivity index (χ2v) is 7.17. The van der Waals surface area contributed by atoms with E-state index in [0.717, 1.165) is 72.8 Å². The summed E-state index contributed by atoms with van der Waals surface area (Å²) in [6.45, 7) is 5.09. The molecule has 6 nitrogen and oxygen atoms in total. The van der Waals surface area contributed by atoms with Gasteiger partial charge in [-0.05, 0) is 37.8 Å². The van der Waals surface area contributed by atoms with Crippen molar-refractivity contribution in [2.75, 3.05) is 13.1 Å². The van der Waals surface area contributed by atoms with Crippen LogP contribution in [0.2, 0.25) is 0 Å². The molecule has 6 heteroatoms. The normalized spacial score (nSPS) is 17.7. The Morgan fingerprint density at radius 1 is 1.15 bits per heavy atom. The van der Waals surface area contributed by atoms with E-state index in [9.17, 15) is 10.2 Å². The van der Waals surface area contributed by atoms with Crippen LogP contribution in [-0.2, 0) is 19.5 Å². The lowest BCUT2D eigenvalue weighted by Gasteiger charge is -2.29. The van der Waals surface area contributed by atoms with Crippen molar-refractivity contribution in [3.05, 3.63) is 46.5 Å². The fraction of sp³-hybridized carbons (Fsp3) is 0.450. The summed E-state index contributed by atoms with van der Waals surface area (Å²) in [4.78, 5) is 16.2. The lowest BCUT2D eigenvalue weighted by molar-refractivity contribution is 0.239. The minimum Gasteiger partial charge on any atom is -0.508 e. The number of hydrogen-bond acceptors (Lipinski definition) is 6. The third kappa shape index (κ3) is 3.42. The predicted molar refractivity (Wildman–Crippen MR) is 99.6 cm³/mol. The summed E-state index contributed by atoms with van der Waals surface area (Å²) in [5, 5.41) is 19.7. The third-order valence-electron chi connectivity index (χ3n) is 5.21. The van der Waals surface area contributed by atoms with Crippen molar-refractivity contribution in [2.24, 2.45) is 4.99 Å². The number of aryl methyl sites for hydroxylation is 1. The maximum atomic E-state index is 10.2. The molecule has 1 aromatic heterocycles. The van der Waals surface area contributed by atoms with Gasteiger partial charge in [0.05, 0.1) is 11.4 Å². The number of aliphatic imine (C=N–C) groups is 1. The van der Waals surface area contributed by atoms with Crippen molar-refractivity contribution >= 4 is 5.71 Å². The second-order valence-electron chi connectivity index (χ2n) is 7.17. The highest BCUT2D eigenvalue weighted by Gasteiger charge is 2.21. The number of fused-ring (bicyclic) bond motifs is 1. The molecule has 0 amide bonds. The zero-order valence-corrected chi connectivity index (χ0v) is 15.1. The Bertz CT molecular complexity index is 840. The Labute approximate surface area is 153 Å². The SMILES string of the molecule is Cc1cc(O)cc(O)c1CN1CCc2nc(C3=NCCCC3)ncc2C1. The molecule has 0 spiro atoms. The summed E-state index contributed by atoms with van der Waals surface area (Å²) in [7, 11) is 0. The van der Waals surface area contributed by atoms with Crippen LogP contribution in [0, 0.1) is 6.92 Å². The maximum absolute atomic E-state index is 10.2. The van der Waals surface area contributed by atoms with E-state index in [1.807, 2.05) is 13.1 Å². The van der Waals surface area contributed by atoms with E-state index < -0.39 is 0 Å². The van der Waals surface area contributed by atoms with E-state index in [1.165, 1.54) is 12.5 Å². The number of rotatable bonds is 3. The highest BCUT2D eigenvalue weighted by Crippen LogP contribution is 2.29. The van der Waals surface area contributed by atoms with Gasteiger partial charge in [-0.15, -0.1) is 0 Å². The summed E-state index contributed by atoms with van der Waals surface area (Å²) in [6, 6.07) is 3.09. The molecular formula is C20H24N4O2. The number of nitrogens with zero attached hydrogens (tertiary/aromatic N) is 4. The molecule has 2 aromatic rings. The lowest BCUT2D eigenvalue weighted by atomic mass is 10.0. The summed E-state index contributed by atoms with van der Waals surface area (Å²) >= 11 is 0. The predicted octanol–water partition coefficient (Wildman–Crippen LogP) is 2.73. The molecule has 26 heavy (non-hydrogen) atoms. The first kappa shape index (κ1) is 17.0. The first-order valence-electron chi connectivity index (χ1n) is 9.22. The highest BCUT2D eigenvalue weighted by atomic mass is 16.3. The lowest BCUT2D eigenvalue weighted by Crippen LogP contribution is -2.31. The molecule has 0 fully saturated rings. The van der Waals surface area contributed by atoms with Gasteiger partial charge in [0.2, 0.25) is 0 Å². The van der Waals surface area contributed by atoms with E-state index >= 15 is 0 Å². The zero-order chi connectivity index (χ0) is 18.1. The van der Waals surface area contributed by atoms with Crippen molar-refractivity contribution in [3.63, 3.8) is 0 Å². The van der Waals surface area contributed by atoms with Crippen LogP contribution in [0.1, 0.15) is 47.5 Å². The molecule has 0 aliphatic carbocycles. The van der Waals surface area contributed by atoms with Crippen LogP contribution >= 0.6 is 0 Å². The molecule has 4 rings (SSSR count).